The van der Waals surface area contributed by atoms with Crippen LogP contribution in [0.25, 0.3) is 0 Å². The molecule has 0 unspecified atom stereocenters. The van der Waals surface area contributed by atoms with Crippen LogP contribution in [0.1, 0.15) is 32.8 Å². The number of nitrogens with zero attached hydrogens (tertiary/aromatic N) is 1. The van der Waals surface area contributed by atoms with Gasteiger partial charge in [-0.3, -0.25) is 4.90 Å². The number of anilines is 1. The molecule has 2 N–H and O–H groups in total. The lowest BCUT2D eigenvalue weighted by molar-refractivity contribution is 0.271. The van der Waals surface area contributed by atoms with Gasteiger partial charge in [-0.05, 0) is 29.5 Å². The average Bonchev–Trinajstić information content (AvgIpc) is 2.35. The number of rotatable bonds is 2. The topological polar surface area (TPSA) is 29.3 Å². The first-order chi connectivity index (χ1) is 9.27. The third kappa shape index (κ3) is 3.69. The highest BCUT2D eigenvalue weighted by Crippen LogP contribution is 2.32. The van der Waals surface area contributed by atoms with Crippen molar-refractivity contribution in [1.29, 1.82) is 0 Å². The molecule has 0 atom stereocenters. The monoisotopic (exact) mass is 312 g/mol. The normalized spacial score (nSPS) is 17.1. The van der Waals surface area contributed by atoms with Crippen molar-refractivity contribution in [3.63, 3.8) is 0 Å². The third-order valence-corrected chi connectivity index (χ3v) is 4.43. The molecule has 1 aromatic carbocycles. The Kier molecular flexibility index (Phi) is 4.68. The molecule has 0 fully saturated rings. The summed E-state index contributed by atoms with van der Waals surface area (Å²) in [5.74, 6) is 0. The van der Waals surface area contributed by atoms with Crippen molar-refractivity contribution in [3.05, 3.63) is 39.4 Å². The van der Waals surface area contributed by atoms with Crippen LogP contribution in [0.2, 0.25) is 10.0 Å². The van der Waals surface area contributed by atoms with E-state index in [2.05, 4.69) is 31.7 Å². The molecule has 0 amide bonds. The molecule has 0 saturated carbocycles. The Balaban J connectivity index is 2.05. The van der Waals surface area contributed by atoms with Gasteiger partial charge in [-0.15, -0.1) is 0 Å². The number of hydrogen-bond acceptors (Lipinski definition) is 2. The minimum Gasteiger partial charge on any atom is -0.396 e. The zero-order chi connectivity index (χ0) is 14.9. The first-order valence-corrected chi connectivity index (χ1v) is 7.68. The van der Waals surface area contributed by atoms with Crippen LogP contribution >= 0.6 is 23.2 Å². The van der Waals surface area contributed by atoms with E-state index in [-0.39, 0.29) is 5.41 Å². The number of nitrogen functional groups attached to an aromatic ring is 1. The lowest BCUT2D eigenvalue weighted by Crippen LogP contribution is -2.30. The van der Waals surface area contributed by atoms with Gasteiger partial charge in [-0.25, -0.2) is 0 Å². The number of hydrogen-bond donors (Lipinski definition) is 1. The van der Waals surface area contributed by atoms with Gasteiger partial charge in [0, 0.05) is 19.6 Å². The van der Waals surface area contributed by atoms with Crippen LogP contribution < -0.4 is 5.73 Å². The fourth-order valence-corrected chi connectivity index (χ4v) is 3.05. The van der Waals surface area contributed by atoms with Gasteiger partial charge in [0.15, 0.2) is 0 Å². The molecule has 2 nitrogen and oxygen atoms in total. The maximum atomic E-state index is 6.08. The second-order valence-electron chi connectivity index (χ2n) is 6.44. The molecule has 2 rings (SSSR count). The standard InChI is InChI=1S/C16H22Cl2N2/c1-16(2,3)12-4-6-20(7-5-12)10-11-8-13(17)15(19)14(18)9-11/h4,8-9H,5-7,10,19H2,1-3H3. The van der Waals surface area contributed by atoms with Gasteiger partial charge < -0.3 is 5.73 Å². The maximum Gasteiger partial charge on any atom is 0.0693 e. The van der Waals surface area contributed by atoms with E-state index in [1.165, 1.54) is 0 Å². The number of nitrogens with two attached hydrogens (primary N) is 1. The molecule has 0 aromatic heterocycles. The molecule has 0 aliphatic carbocycles. The van der Waals surface area contributed by atoms with Crippen LogP contribution in [-0.4, -0.2) is 18.0 Å². The predicted octanol–water partition coefficient (Wildman–Crippen LogP) is 4.75. The molecule has 110 valence electrons. The molecule has 0 saturated heterocycles. The third-order valence-electron chi connectivity index (χ3n) is 3.80. The van der Waals surface area contributed by atoms with E-state index in [4.69, 9.17) is 28.9 Å². The van der Waals surface area contributed by atoms with Crippen LogP contribution in [-0.2, 0) is 6.54 Å². The Morgan fingerprint density at radius 1 is 1.20 bits per heavy atom. The summed E-state index contributed by atoms with van der Waals surface area (Å²) in [5, 5.41) is 1.07. The second kappa shape index (κ2) is 5.97. The van der Waals surface area contributed by atoms with E-state index in [9.17, 15) is 0 Å². The minimum absolute atomic E-state index is 0.278. The Bertz CT molecular complexity index is 507. The van der Waals surface area contributed by atoms with Crippen LogP contribution in [0.3, 0.4) is 0 Å². The molecular formula is C16H22Cl2N2. The minimum atomic E-state index is 0.278. The SMILES string of the molecule is CC(C)(C)C1=CCN(Cc2cc(Cl)c(N)c(Cl)c2)CC1. The molecule has 0 bridgehead atoms. The lowest BCUT2D eigenvalue weighted by atomic mass is 9.83. The highest BCUT2D eigenvalue weighted by molar-refractivity contribution is 6.38. The molecule has 0 spiro atoms. The van der Waals surface area contributed by atoms with E-state index >= 15 is 0 Å². The quantitative estimate of drug-likeness (QED) is 0.630. The van der Waals surface area contributed by atoms with Crippen molar-refractivity contribution in [1.82, 2.24) is 4.90 Å². The van der Waals surface area contributed by atoms with Crippen molar-refractivity contribution >= 4 is 28.9 Å². The van der Waals surface area contributed by atoms with Crippen molar-refractivity contribution in [2.75, 3.05) is 18.8 Å². The van der Waals surface area contributed by atoms with E-state index in [0.717, 1.165) is 31.6 Å². The van der Waals surface area contributed by atoms with Crippen LogP contribution in [0.5, 0.6) is 0 Å². The van der Waals surface area contributed by atoms with Gasteiger partial charge in [-0.1, -0.05) is 55.6 Å². The maximum absolute atomic E-state index is 6.08. The van der Waals surface area contributed by atoms with Crippen molar-refractivity contribution < 1.29 is 0 Å². The van der Waals surface area contributed by atoms with E-state index < -0.39 is 0 Å². The summed E-state index contributed by atoms with van der Waals surface area (Å²) >= 11 is 12.2. The fraction of sp³-hybridized carbons (Fsp3) is 0.500. The summed E-state index contributed by atoms with van der Waals surface area (Å²) in [6.07, 6.45) is 3.48. The molecule has 1 aliphatic heterocycles. The van der Waals surface area contributed by atoms with Gasteiger partial charge in [0.1, 0.15) is 0 Å². The summed E-state index contributed by atoms with van der Waals surface area (Å²) < 4.78 is 0. The van der Waals surface area contributed by atoms with Crippen LogP contribution in [0, 0.1) is 5.41 Å². The fourth-order valence-electron chi connectivity index (χ4n) is 2.52. The molecule has 1 heterocycles. The second-order valence-corrected chi connectivity index (χ2v) is 7.25. The van der Waals surface area contributed by atoms with Gasteiger partial charge in [0.2, 0.25) is 0 Å². The van der Waals surface area contributed by atoms with E-state index in [1.54, 1.807) is 5.57 Å². The molecule has 20 heavy (non-hydrogen) atoms. The summed E-state index contributed by atoms with van der Waals surface area (Å²) in [6, 6.07) is 3.82. The Labute approximate surface area is 131 Å². The van der Waals surface area contributed by atoms with Crippen molar-refractivity contribution in [2.45, 2.75) is 33.7 Å². The first-order valence-electron chi connectivity index (χ1n) is 6.92. The smallest absolute Gasteiger partial charge is 0.0693 e. The summed E-state index contributed by atoms with van der Waals surface area (Å²) in [5.41, 5.74) is 9.16. The van der Waals surface area contributed by atoms with Gasteiger partial charge in [-0.2, -0.15) is 0 Å². The van der Waals surface area contributed by atoms with Gasteiger partial charge in [0.25, 0.3) is 0 Å². The Morgan fingerprint density at radius 2 is 1.80 bits per heavy atom. The zero-order valence-electron chi connectivity index (χ0n) is 12.3. The molecular weight excluding hydrogens is 291 g/mol. The highest BCUT2D eigenvalue weighted by atomic mass is 35.5. The predicted molar refractivity (Wildman–Crippen MR) is 88.3 cm³/mol. The van der Waals surface area contributed by atoms with Crippen molar-refractivity contribution in [3.8, 4) is 0 Å². The van der Waals surface area contributed by atoms with Gasteiger partial charge >= 0.3 is 0 Å². The average molecular weight is 313 g/mol. The summed E-state index contributed by atoms with van der Waals surface area (Å²) in [4.78, 5) is 2.40. The van der Waals surface area contributed by atoms with E-state index in [1.807, 2.05) is 12.1 Å². The Morgan fingerprint density at radius 3 is 2.25 bits per heavy atom. The van der Waals surface area contributed by atoms with Crippen molar-refractivity contribution in [2.24, 2.45) is 5.41 Å². The van der Waals surface area contributed by atoms with Crippen LogP contribution in [0.4, 0.5) is 5.69 Å². The van der Waals surface area contributed by atoms with E-state index in [0.29, 0.717) is 15.7 Å². The molecule has 1 aromatic rings. The van der Waals surface area contributed by atoms with Gasteiger partial charge in [0.05, 0.1) is 15.7 Å². The highest BCUT2D eigenvalue weighted by Gasteiger charge is 2.21. The Hall–Kier alpha value is -0.700. The summed E-state index contributed by atoms with van der Waals surface area (Å²) in [7, 11) is 0. The molecule has 1 aliphatic rings. The lowest BCUT2D eigenvalue weighted by Gasteiger charge is -2.32. The largest absolute Gasteiger partial charge is 0.396 e. The number of benzene rings is 1. The first kappa shape index (κ1) is 15.7. The molecule has 0 radical (unpaired) electrons. The van der Waals surface area contributed by atoms with Crippen LogP contribution in [0.15, 0.2) is 23.8 Å². The molecule has 4 heteroatoms. The zero-order valence-corrected chi connectivity index (χ0v) is 13.9. The number of halogens is 2. The summed E-state index contributed by atoms with van der Waals surface area (Å²) in [6.45, 7) is 9.72.